The van der Waals surface area contributed by atoms with Gasteiger partial charge < -0.3 is 25.1 Å². The molecule has 6 rings (SSSR count). The molecule has 0 radical (unpaired) electrons. The Bertz CT molecular complexity index is 2090. The Kier molecular flexibility index (Phi) is 8.19. The van der Waals surface area contributed by atoms with Gasteiger partial charge in [-0.25, -0.2) is 22.5 Å². The van der Waals surface area contributed by atoms with Crippen molar-refractivity contribution in [2.75, 3.05) is 42.5 Å². The number of halogens is 1. The van der Waals surface area contributed by atoms with Crippen LogP contribution in [0.2, 0.25) is 0 Å². The molecule has 0 unspecified atom stereocenters. The Balaban J connectivity index is 1.20. The molecule has 4 heterocycles. The molecule has 1 aliphatic rings. The van der Waals surface area contributed by atoms with Gasteiger partial charge in [0.25, 0.3) is 0 Å². The average molecular weight is 648 g/mol. The van der Waals surface area contributed by atoms with E-state index in [1.807, 2.05) is 0 Å². The van der Waals surface area contributed by atoms with Crippen molar-refractivity contribution in [3.8, 4) is 17.3 Å². The highest BCUT2D eigenvalue weighted by Gasteiger charge is 2.25. The smallest absolute Gasteiger partial charge is 0.241 e. The zero-order valence-corrected chi connectivity index (χ0v) is 25.7. The molecule has 1 aliphatic heterocycles. The van der Waals surface area contributed by atoms with Gasteiger partial charge in [0, 0.05) is 30.1 Å². The van der Waals surface area contributed by atoms with Gasteiger partial charge in [0.05, 0.1) is 48.2 Å². The second-order valence-electron chi connectivity index (χ2n) is 10.8. The molecule has 1 amide bonds. The molecule has 0 atom stereocenters. The maximum absolute atomic E-state index is 14.0. The van der Waals surface area contributed by atoms with Gasteiger partial charge in [-0.05, 0) is 55.3 Å². The van der Waals surface area contributed by atoms with Crippen LogP contribution in [-0.2, 0) is 19.6 Å². The number of hydrogen-bond donors (Lipinski definition) is 3. The molecule has 0 saturated carbocycles. The van der Waals surface area contributed by atoms with Crippen LogP contribution in [0.15, 0.2) is 60.9 Å². The molecule has 5 aromatic rings. The number of carbonyl (C=O) groups is 2. The second kappa shape index (κ2) is 12.3. The number of nitrogens with two attached hydrogens (primary N) is 1. The van der Waals surface area contributed by atoms with Gasteiger partial charge in [0.1, 0.15) is 11.6 Å². The first-order valence-corrected chi connectivity index (χ1v) is 15.9. The van der Waals surface area contributed by atoms with Crippen molar-refractivity contribution >= 4 is 44.1 Å². The van der Waals surface area contributed by atoms with Crippen LogP contribution in [-0.4, -0.2) is 76.8 Å². The minimum atomic E-state index is -4.00. The standard InChI is InChI=1S/C31H30FN7O6S/c1-18-11-20-13-25(36-24(20)14-23(18)37-46(42,43)17-29(40)38-7-9-44-10-8-38)30(41)21-15-35-39(31(21)33)26-16-34-28(12-19(26)2)45-27-6-4-3-5-22(27)32/h3-6,11-16,36-37H,7-10,17,33H2,1-2H3. The molecular weight excluding hydrogens is 617 g/mol. The van der Waals surface area contributed by atoms with Crippen LogP contribution in [0.4, 0.5) is 15.9 Å². The summed E-state index contributed by atoms with van der Waals surface area (Å²) >= 11 is 0. The average Bonchev–Trinajstić information content (AvgIpc) is 3.61. The van der Waals surface area contributed by atoms with Crippen molar-refractivity contribution in [2.45, 2.75) is 13.8 Å². The third-order valence-corrected chi connectivity index (χ3v) is 8.70. The molecule has 46 heavy (non-hydrogen) atoms. The van der Waals surface area contributed by atoms with Crippen molar-refractivity contribution in [1.82, 2.24) is 24.6 Å². The Labute approximate surface area is 263 Å². The van der Waals surface area contributed by atoms with Gasteiger partial charge in [0.15, 0.2) is 11.6 Å². The Hall–Kier alpha value is -5.28. The number of nitrogens with one attached hydrogen (secondary N) is 2. The van der Waals surface area contributed by atoms with E-state index in [0.29, 0.717) is 54.0 Å². The number of nitrogen functional groups attached to an aromatic ring is 1. The number of aryl methyl sites for hydroxylation is 2. The Morgan fingerprint density at radius 1 is 1.09 bits per heavy atom. The van der Waals surface area contributed by atoms with Crippen LogP contribution < -0.4 is 15.2 Å². The first kappa shape index (κ1) is 30.7. The molecule has 1 saturated heterocycles. The topological polar surface area (TPSA) is 175 Å². The minimum absolute atomic E-state index is 0.0329. The van der Waals surface area contributed by atoms with Gasteiger partial charge >= 0.3 is 0 Å². The summed E-state index contributed by atoms with van der Waals surface area (Å²) in [5, 5.41) is 4.97. The van der Waals surface area contributed by atoms with Gasteiger partial charge in [-0.1, -0.05) is 12.1 Å². The number of H-pyrrole nitrogens is 1. The van der Waals surface area contributed by atoms with Gasteiger partial charge in [-0.3, -0.25) is 14.3 Å². The summed E-state index contributed by atoms with van der Waals surface area (Å²) in [7, 11) is -4.00. The third-order valence-electron chi connectivity index (χ3n) is 7.54. The van der Waals surface area contributed by atoms with Crippen LogP contribution in [0, 0.1) is 19.7 Å². The molecule has 0 aliphatic carbocycles. The molecule has 13 nitrogen and oxygen atoms in total. The predicted octanol–water partition coefficient (Wildman–Crippen LogP) is 3.71. The predicted molar refractivity (Wildman–Crippen MR) is 168 cm³/mol. The lowest BCUT2D eigenvalue weighted by Gasteiger charge is -2.26. The summed E-state index contributed by atoms with van der Waals surface area (Å²) in [6.07, 6.45) is 2.81. The number of hydrogen-bond acceptors (Lipinski definition) is 9. The minimum Gasteiger partial charge on any atom is -0.436 e. The van der Waals surface area contributed by atoms with E-state index in [9.17, 15) is 22.4 Å². The fourth-order valence-electron chi connectivity index (χ4n) is 5.11. The third kappa shape index (κ3) is 6.27. The zero-order valence-electron chi connectivity index (χ0n) is 24.9. The molecule has 2 aromatic carbocycles. The largest absolute Gasteiger partial charge is 0.436 e. The highest BCUT2D eigenvalue weighted by atomic mass is 32.2. The zero-order chi connectivity index (χ0) is 32.6. The van der Waals surface area contributed by atoms with Gasteiger partial charge in [0.2, 0.25) is 27.6 Å². The monoisotopic (exact) mass is 647 g/mol. The van der Waals surface area contributed by atoms with E-state index in [1.54, 1.807) is 50.2 Å². The number of sulfonamides is 1. The number of ketones is 1. The number of fused-ring (bicyclic) bond motifs is 1. The number of para-hydroxylation sites is 1. The summed E-state index contributed by atoms with van der Waals surface area (Å²) in [6.45, 7) is 4.92. The maximum Gasteiger partial charge on any atom is 0.241 e. The fourth-order valence-corrected chi connectivity index (χ4v) is 6.24. The van der Waals surface area contributed by atoms with Crippen molar-refractivity contribution < 1.29 is 31.9 Å². The van der Waals surface area contributed by atoms with E-state index in [2.05, 4.69) is 19.8 Å². The van der Waals surface area contributed by atoms with Crippen LogP contribution in [0.5, 0.6) is 11.6 Å². The van der Waals surface area contributed by atoms with Gasteiger partial charge in [-0.2, -0.15) is 5.10 Å². The number of rotatable bonds is 9. The number of ether oxygens (including phenoxy) is 2. The first-order valence-electron chi connectivity index (χ1n) is 14.3. The number of aromatic nitrogens is 4. The van der Waals surface area contributed by atoms with E-state index >= 15 is 0 Å². The van der Waals surface area contributed by atoms with Crippen molar-refractivity contribution in [3.05, 3.63) is 89.1 Å². The number of benzene rings is 2. The molecule has 0 spiro atoms. The molecule has 0 bridgehead atoms. The van der Waals surface area contributed by atoms with E-state index in [-0.39, 0.29) is 34.4 Å². The SMILES string of the molecule is Cc1cc2cc(C(=O)c3cnn(-c4cnc(Oc5ccccc5F)cc4C)c3N)[nH]c2cc1NS(=O)(=O)CC(=O)N1CCOCC1. The van der Waals surface area contributed by atoms with Crippen LogP contribution >= 0.6 is 0 Å². The van der Waals surface area contributed by atoms with Crippen LogP contribution in [0.3, 0.4) is 0 Å². The number of pyridine rings is 1. The first-order chi connectivity index (χ1) is 22.0. The summed E-state index contributed by atoms with van der Waals surface area (Å²) in [4.78, 5) is 34.8. The summed E-state index contributed by atoms with van der Waals surface area (Å²) < 4.78 is 54.3. The summed E-state index contributed by atoms with van der Waals surface area (Å²) in [6, 6.07) is 12.5. The van der Waals surface area contributed by atoms with Crippen molar-refractivity contribution in [2.24, 2.45) is 0 Å². The highest BCUT2D eigenvalue weighted by Crippen LogP contribution is 2.29. The maximum atomic E-state index is 14.0. The quantitative estimate of drug-likeness (QED) is 0.202. The number of nitrogens with zero attached hydrogens (tertiary/aromatic N) is 4. The van der Waals surface area contributed by atoms with Gasteiger partial charge in [-0.15, -0.1) is 0 Å². The summed E-state index contributed by atoms with van der Waals surface area (Å²) in [5.74, 6) is -1.87. The Morgan fingerprint density at radius 2 is 1.85 bits per heavy atom. The molecule has 238 valence electrons. The lowest BCUT2D eigenvalue weighted by Crippen LogP contribution is -2.44. The van der Waals surface area contributed by atoms with E-state index in [0.717, 1.165) is 0 Å². The molecule has 15 heteroatoms. The van der Waals surface area contributed by atoms with E-state index < -0.39 is 33.3 Å². The fraction of sp³-hybridized carbons (Fsp3) is 0.226. The number of carbonyl (C=O) groups excluding carboxylic acids is 2. The lowest BCUT2D eigenvalue weighted by atomic mass is 10.1. The van der Waals surface area contributed by atoms with Crippen LogP contribution in [0.25, 0.3) is 16.6 Å². The van der Waals surface area contributed by atoms with Crippen molar-refractivity contribution in [3.63, 3.8) is 0 Å². The lowest BCUT2D eigenvalue weighted by molar-refractivity contribution is -0.132. The van der Waals surface area contributed by atoms with Crippen molar-refractivity contribution in [1.29, 1.82) is 0 Å². The molecule has 4 N–H and O–H groups in total. The van der Waals surface area contributed by atoms with E-state index in [4.69, 9.17) is 15.2 Å². The molecular formula is C31H30FN7O6S. The van der Waals surface area contributed by atoms with E-state index in [1.165, 1.54) is 34.1 Å². The second-order valence-corrected chi connectivity index (χ2v) is 12.5. The van der Waals surface area contributed by atoms with Crippen LogP contribution in [0.1, 0.15) is 27.2 Å². The molecule has 1 fully saturated rings. The summed E-state index contributed by atoms with van der Waals surface area (Å²) in [5.41, 5.74) is 9.26. The Morgan fingerprint density at radius 3 is 2.59 bits per heavy atom. The number of anilines is 2. The normalized spacial score (nSPS) is 13.6. The number of morpholine rings is 1. The number of amides is 1. The highest BCUT2D eigenvalue weighted by molar-refractivity contribution is 7.93. The molecule has 3 aromatic heterocycles. The number of aromatic amines is 1.